The first-order valence-corrected chi connectivity index (χ1v) is 7.37. The zero-order valence-electron chi connectivity index (χ0n) is 12.5. The minimum absolute atomic E-state index is 0.476. The third-order valence-corrected chi connectivity index (χ3v) is 3.55. The van der Waals surface area contributed by atoms with Crippen LogP contribution in [0.5, 0.6) is 0 Å². The quantitative estimate of drug-likeness (QED) is 0.756. The molecule has 3 rings (SSSR count). The van der Waals surface area contributed by atoms with Crippen LogP contribution in [0.15, 0.2) is 43.0 Å². The second-order valence-corrected chi connectivity index (χ2v) is 5.53. The van der Waals surface area contributed by atoms with E-state index in [4.69, 9.17) is 0 Å². The maximum atomic E-state index is 4.53. The number of aromatic nitrogens is 4. The Balaban J connectivity index is 1.84. The molecule has 0 bridgehead atoms. The molecule has 0 unspecified atom stereocenters. The summed E-state index contributed by atoms with van der Waals surface area (Å²) in [5, 5.41) is 8.95. The first-order chi connectivity index (χ1) is 10.2. The summed E-state index contributed by atoms with van der Waals surface area (Å²) in [7, 11) is 0. The number of pyridine rings is 1. The summed E-state index contributed by atoms with van der Waals surface area (Å²) < 4.78 is 4.16. The van der Waals surface area contributed by atoms with Crippen molar-refractivity contribution < 1.29 is 0 Å². The molecular weight excluding hydrogens is 262 g/mol. The van der Waals surface area contributed by atoms with Crippen LogP contribution in [0.4, 0.5) is 0 Å². The Labute approximate surface area is 124 Å². The van der Waals surface area contributed by atoms with Crippen molar-refractivity contribution in [3.8, 4) is 0 Å². The maximum Gasteiger partial charge on any atom is 0.140 e. The fourth-order valence-corrected chi connectivity index (χ4v) is 2.46. The molecule has 0 spiro atoms. The number of hydrogen-bond donors (Lipinski definition) is 1. The van der Waals surface area contributed by atoms with E-state index in [-0.39, 0.29) is 0 Å². The van der Waals surface area contributed by atoms with Gasteiger partial charge in [0.1, 0.15) is 5.65 Å². The number of aryl methyl sites for hydroxylation is 2. The van der Waals surface area contributed by atoms with Crippen molar-refractivity contribution in [3.63, 3.8) is 0 Å². The Kier molecular flexibility index (Phi) is 4.01. The average Bonchev–Trinajstić information content (AvgIpc) is 3.11. The number of rotatable bonds is 6. The van der Waals surface area contributed by atoms with Crippen LogP contribution in [0.25, 0.3) is 11.0 Å². The fourth-order valence-electron chi connectivity index (χ4n) is 2.46. The lowest BCUT2D eigenvalue weighted by molar-refractivity contribution is 0.538. The van der Waals surface area contributed by atoms with Crippen molar-refractivity contribution in [2.75, 3.05) is 0 Å². The lowest BCUT2D eigenvalue weighted by atomic mass is 10.2. The first kappa shape index (κ1) is 13.8. The van der Waals surface area contributed by atoms with Gasteiger partial charge in [0.05, 0.1) is 6.54 Å². The number of nitrogens with one attached hydrogen (secondary N) is 1. The van der Waals surface area contributed by atoms with Crippen LogP contribution in [0.3, 0.4) is 0 Å². The zero-order chi connectivity index (χ0) is 14.7. The van der Waals surface area contributed by atoms with E-state index in [0.717, 1.165) is 25.3 Å². The van der Waals surface area contributed by atoms with E-state index in [0.29, 0.717) is 6.04 Å². The third kappa shape index (κ3) is 3.13. The molecule has 0 saturated carbocycles. The Bertz CT molecular complexity index is 697. The van der Waals surface area contributed by atoms with Crippen molar-refractivity contribution >= 4 is 11.0 Å². The first-order valence-electron chi connectivity index (χ1n) is 7.37. The zero-order valence-corrected chi connectivity index (χ0v) is 12.5. The fraction of sp³-hybridized carbons (Fsp3) is 0.375. The minimum Gasteiger partial charge on any atom is -0.330 e. The van der Waals surface area contributed by atoms with Gasteiger partial charge in [0.2, 0.25) is 0 Å². The summed E-state index contributed by atoms with van der Waals surface area (Å²) in [6, 6.07) is 6.57. The molecule has 0 aliphatic heterocycles. The molecule has 0 saturated heterocycles. The van der Waals surface area contributed by atoms with Gasteiger partial charge in [-0.3, -0.25) is 4.68 Å². The highest BCUT2D eigenvalue weighted by atomic mass is 15.3. The highest BCUT2D eigenvalue weighted by molar-refractivity contribution is 5.80. The molecule has 0 atom stereocenters. The van der Waals surface area contributed by atoms with E-state index in [2.05, 4.69) is 46.1 Å². The predicted molar refractivity (Wildman–Crippen MR) is 83.9 cm³/mol. The molecule has 1 N–H and O–H groups in total. The largest absolute Gasteiger partial charge is 0.330 e. The van der Waals surface area contributed by atoms with Gasteiger partial charge in [-0.15, -0.1) is 0 Å². The molecule has 3 aromatic heterocycles. The summed E-state index contributed by atoms with van der Waals surface area (Å²) in [5.74, 6) is 0. The van der Waals surface area contributed by atoms with Crippen molar-refractivity contribution in [2.45, 2.75) is 39.5 Å². The number of hydrogen-bond acceptors (Lipinski definition) is 3. The number of fused-ring (bicyclic) bond motifs is 1. The number of nitrogens with zero attached hydrogens (tertiary/aromatic N) is 4. The average molecular weight is 283 g/mol. The molecule has 3 aromatic rings. The van der Waals surface area contributed by atoms with Crippen molar-refractivity contribution in [3.05, 3.63) is 48.5 Å². The summed E-state index contributed by atoms with van der Waals surface area (Å²) in [5.41, 5.74) is 2.34. The molecule has 110 valence electrons. The van der Waals surface area contributed by atoms with Gasteiger partial charge in [-0.25, -0.2) is 4.98 Å². The Morgan fingerprint density at radius 2 is 2.10 bits per heavy atom. The van der Waals surface area contributed by atoms with Crippen LogP contribution in [-0.4, -0.2) is 25.4 Å². The molecule has 0 aliphatic carbocycles. The molecule has 0 radical (unpaired) electrons. The van der Waals surface area contributed by atoms with Gasteiger partial charge in [-0.05, 0) is 23.8 Å². The topological polar surface area (TPSA) is 47.7 Å². The second kappa shape index (κ2) is 6.10. The standard InChI is InChI=1S/C16H21N5/c1-13(2)18-11-14-12-20(9-10-21-8-4-7-19-21)16-15(14)5-3-6-17-16/h3-8,12-13,18H,9-11H2,1-2H3. The third-order valence-electron chi connectivity index (χ3n) is 3.55. The second-order valence-electron chi connectivity index (χ2n) is 5.53. The molecule has 5 heteroatoms. The molecule has 0 amide bonds. The Morgan fingerprint density at radius 1 is 1.19 bits per heavy atom. The van der Waals surface area contributed by atoms with E-state index in [1.807, 2.05) is 35.4 Å². The van der Waals surface area contributed by atoms with E-state index in [1.54, 1.807) is 0 Å². The van der Waals surface area contributed by atoms with Crippen LogP contribution in [0.2, 0.25) is 0 Å². The highest BCUT2D eigenvalue weighted by Gasteiger charge is 2.09. The van der Waals surface area contributed by atoms with E-state index >= 15 is 0 Å². The highest BCUT2D eigenvalue weighted by Crippen LogP contribution is 2.19. The van der Waals surface area contributed by atoms with Gasteiger partial charge in [-0.2, -0.15) is 5.10 Å². The van der Waals surface area contributed by atoms with Gasteiger partial charge in [0.25, 0.3) is 0 Å². The Morgan fingerprint density at radius 3 is 2.86 bits per heavy atom. The monoisotopic (exact) mass is 283 g/mol. The predicted octanol–water partition coefficient (Wildman–Crippen LogP) is 2.43. The van der Waals surface area contributed by atoms with Crippen molar-refractivity contribution in [2.24, 2.45) is 0 Å². The lowest BCUT2D eigenvalue weighted by Gasteiger charge is -2.06. The van der Waals surface area contributed by atoms with E-state index < -0.39 is 0 Å². The van der Waals surface area contributed by atoms with Crippen LogP contribution in [0.1, 0.15) is 19.4 Å². The summed E-state index contributed by atoms with van der Waals surface area (Å²) in [4.78, 5) is 4.53. The molecule has 0 fully saturated rings. The molecule has 21 heavy (non-hydrogen) atoms. The molecule has 5 nitrogen and oxygen atoms in total. The smallest absolute Gasteiger partial charge is 0.140 e. The normalized spacial score (nSPS) is 11.6. The van der Waals surface area contributed by atoms with Crippen LogP contribution < -0.4 is 5.32 Å². The van der Waals surface area contributed by atoms with Crippen LogP contribution in [-0.2, 0) is 19.6 Å². The lowest BCUT2D eigenvalue weighted by Crippen LogP contribution is -2.21. The van der Waals surface area contributed by atoms with Gasteiger partial charge >= 0.3 is 0 Å². The van der Waals surface area contributed by atoms with Crippen molar-refractivity contribution in [1.29, 1.82) is 0 Å². The van der Waals surface area contributed by atoms with Crippen molar-refractivity contribution in [1.82, 2.24) is 24.6 Å². The summed E-state index contributed by atoms with van der Waals surface area (Å²) >= 11 is 0. The van der Waals surface area contributed by atoms with Gasteiger partial charge in [0, 0.05) is 49.3 Å². The van der Waals surface area contributed by atoms with Crippen LogP contribution in [0, 0.1) is 0 Å². The van der Waals surface area contributed by atoms with Gasteiger partial charge in [-0.1, -0.05) is 13.8 Å². The molecular formula is C16H21N5. The summed E-state index contributed by atoms with van der Waals surface area (Å²) in [6.45, 7) is 6.92. The molecule has 3 heterocycles. The molecule has 0 aromatic carbocycles. The van der Waals surface area contributed by atoms with Gasteiger partial charge < -0.3 is 9.88 Å². The molecule has 0 aliphatic rings. The minimum atomic E-state index is 0.476. The maximum absolute atomic E-state index is 4.53. The summed E-state index contributed by atoms with van der Waals surface area (Å²) in [6.07, 6.45) is 7.85. The van der Waals surface area contributed by atoms with Crippen LogP contribution >= 0.6 is 0 Å². The SMILES string of the molecule is CC(C)NCc1cn(CCn2cccn2)c2ncccc12. The van der Waals surface area contributed by atoms with E-state index in [9.17, 15) is 0 Å². The van der Waals surface area contributed by atoms with Gasteiger partial charge in [0.15, 0.2) is 0 Å². The van der Waals surface area contributed by atoms with E-state index in [1.165, 1.54) is 10.9 Å². The Hall–Kier alpha value is -2.14.